The minimum absolute atomic E-state index is 0.101. The zero-order valence-corrected chi connectivity index (χ0v) is 14.9. The number of fused-ring (bicyclic) bond motifs is 1. The Hall–Kier alpha value is -3.29. The molecule has 0 atom stereocenters. The first-order valence-corrected chi connectivity index (χ1v) is 7.70. The van der Waals surface area contributed by atoms with Crippen LogP contribution >= 0.6 is 0 Å². The maximum absolute atomic E-state index is 12.1. The molecule has 26 heavy (non-hydrogen) atoms. The highest BCUT2D eigenvalue weighted by atomic mass is 16.7. The van der Waals surface area contributed by atoms with Gasteiger partial charge in [0, 0.05) is 30.0 Å². The Morgan fingerprint density at radius 3 is 2.08 bits per heavy atom. The number of anilines is 2. The van der Waals surface area contributed by atoms with E-state index in [0.717, 1.165) is 0 Å². The molecule has 0 unspecified atom stereocenters. The molecule has 1 aliphatic rings. The molecule has 0 fully saturated rings. The molecule has 0 aromatic heterocycles. The van der Waals surface area contributed by atoms with Gasteiger partial charge < -0.3 is 33.7 Å². The Morgan fingerprint density at radius 2 is 1.54 bits per heavy atom. The summed E-state index contributed by atoms with van der Waals surface area (Å²) in [5, 5.41) is 3.17. The van der Waals surface area contributed by atoms with E-state index in [4.69, 9.17) is 28.4 Å². The van der Waals surface area contributed by atoms with Gasteiger partial charge in [-0.1, -0.05) is 0 Å². The number of carbonyl (C=O) groups excluding carboxylic acids is 1. The van der Waals surface area contributed by atoms with Gasteiger partial charge in [-0.25, -0.2) is 4.79 Å². The van der Waals surface area contributed by atoms with Crippen LogP contribution in [0.4, 0.5) is 11.4 Å². The summed E-state index contributed by atoms with van der Waals surface area (Å²) in [5.74, 6) is 1.95. The first-order valence-electron chi connectivity index (χ1n) is 7.70. The molecule has 0 saturated heterocycles. The normalized spacial score (nSPS) is 11.7. The Bertz CT molecular complexity index is 810. The molecule has 0 spiro atoms. The van der Waals surface area contributed by atoms with Crippen LogP contribution in [0.3, 0.4) is 0 Å². The Morgan fingerprint density at radius 1 is 0.923 bits per heavy atom. The Kier molecular flexibility index (Phi) is 4.92. The summed E-state index contributed by atoms with van der Waals surface area (Å²) in [6.45, 7) is 0.101. The van der Waals surface area contributed by atoms with Gasteiger partial charge in [-0.2, -0.15) is 0 Å². The average molecular weight is 361 g/mol. The third kappa shape index (κ3) is 3.13. The van der Waals surface area contributed by atoms with E-state index in [1.165, 1.54) is 28.4 Å². The van der Waals surface area contributed by atoms with Crippen LogP contribution in [0.15, 0.2) is 24.3 Å². The molecule has 8 nitrogen and oxygen atoms in total. The van der Waals surface area contributed by atoms with Gasteiger partial charge in [-0.15, -0.1) is 0 Å². The van der Waals surface area contributed by atoms with Crippen molar-refractivity contribution < 1.29 is 33.2 Å². The van der Waals surface area contributed by atoms with E-state index in [9.17, 15) is 4.79 Å². The summed E-state index contributed by atoms with van der Waals surface area (Å²) >= 11 is 0. The lowest BCUT2D eigenvalue weighted by Gasteiger charge is -2.16. The summed E-state index contributed by atoms with van der Waals surface area (Å²) in [4.78, 5) is 12.1. The quantitative estimate of drug-likeness (QED) is 0.786. The first-order chi connectivity index (χ1) is 12.6. The van der Waals surface area contributed by atoms with Crippen LogP contribution < -0.4 is 29.0 Å². The van der Waals surface area contributed by atoms with Crippen molar-refractivity contribution >= 4 is 17.3 Å². The van der Waals surface area contributed by atoms with E-state index in [0.29, 0.717) is 45.7 Å². The van der Waals surface area contributed by atoms with Crippen molar-refractivity contribution in [3.63, 3.8) is 0 Å². The smallest absolute Gasteiger partial charge is 0.340 e. The van der Waals surface area contributed by atoms with E-state index < -0.39 is 5.97 Å². The molecule has 2 aromatic rings. The van der Waals surface area contributed by atoms with Gasteiger partial charge >= 0.3 is 5.97 Å². The van der Waals surface area contributed by atoms with Crippen molar-refractivity contribution in [1.29, 1.82) is 0 Å². The van der Waals surface area contributed by atoms with E-state index in [-0.39, 0.29) is 6.79 Å². The standard InChI is InChI=1S/C18H19NO7/c1-21-15-5-10(6-16(22-2)17(15)23-3)19-12-8-14-13(25-9-26-14)7-11(12)18(20)24-4/h5-8,19H,9H2,1-4H3. The van der Waals surface area contributed by atoms with Crippen molar-refractivity contribution in [2.75, 3.05) is 40.5 Å². The summed E-state index contributed by atoms with van der Waals surface area (Å²) in [6.07, 6.45) is 0. The van der Waals surface area contributed by atoms with Crippen LogP contribution in [-0.2, 0) is 4.74 Å². The fourth-order valence-corrected chi connectivity index (χ4v) is 2.63. The third-order valence-electron chi connectivity index (χ3n) is 3.86. The van der Waals surface area contributed by atoms with Crippen molar-refractivity contribution in [2.45, 2.75) is 0 Å². The number of rotatable bonds is 6. The summed E-state index contributed by atoms with van der Waals surface area (Å²) in [6, 6.07) is 6.71. The number of methoxy groups -OCH3 is 4. The zero-order valence-electron chi connectivity index (χ0n) is 14.9. The number of carbonyl (C=O) groups is 1. The number of esters is 1. The van der Waals surface area contributed by atoms with Crippen LogP contribution in [0.1, 0.15) is 10.4 Å². The lowest BCUT2D eigenvalue weighted by Crippen LogP contribution is -2.06. The number of nitrogens with one attached hydrogen (secondary N) is 1. The molecule has 0 radical (unpaired) electrons. The fraction of sp³-hybridized carbons (Fsp3) is 0.278. The molecule has 138 valence electrons. The second-order valence-electron chi connectivity index (χ2n) is 5.28. The van der Waals surface area contributed by atoms with Crippen molar-refractivity contribution in [2.24, 2.45) is 0 Å². The minimum atomic E-state index is -0.502. The van der Waals surface area contributed by atoms with Crippen LogP contribution in [-0.4, -0.2) is 41.2 Å². The molecule has 0 amide bonds. The van der Waals surface area contributed by atoms with Gasteiger partial charge in [-0.3, -0.25) is 0 Å². The molecular formula is C18H19NO7. The molecule has 1 N–H and O–H groups in total. The monoisotopic (exact) mass is 361 g/mol. The second-order valence-corrected chi connectivity index (χ2v) is 5.28. The molecule has 0 bridgehead atoms. The topological polar surface area (TPSA) is 84.5 Å². The second kappa shape index (κ2) is 7.30. The molecule has 1 heterocycles. The van der Waals surface area contributed by atoms with Crippen LogP contribution in [0.2, 0.25) is 0 Å². The van der Waals surface area contributed by atoms with E-state index in [2.05, 4.69) is 5.32 Å². The third-order valence-corrected chi connectivity index (χ3v) is 3.86. The Labute approximate surface area is 150 Å². The molecule has 0 saturated carbocycles. The fourth-order valence-electron chi connectivity index (χ4n) is 2.63. The maximum Gasteiger partial charge on any atom is 0.340 e. The summed E-state index contributed by atoms with van der Waals surface area (Å²) < 4.78 is 31.6. The predicted octanol–water partition coefficient (Wildman–Crippen LogP) is 2.97. The SMILES string of the molecule is COC(=O)c1cc2c(cc1Nc1cc(OC)c(OC)c(OC)c1)OCO2. The highest BCUT2D eigenvalue weighted by molar-refractivity contribution is 5.98. The number of ether oxygens (including phenoxy) is 6. The van der Waals surface area contributed by atoms with Gasteiger partial charge in [0.25, 0.3) is 0 Å². The molecule has 8 heteroatoms. The molecule has 0 aliphatic carbocycles. The lowest BCUT2D eigenvalue weighted by atomic mass is 10.1. The van der Waals surface area contributed by atoms with Gasteiger partial charge in [0.2, 0.25) is 12.5 Å². The van der Waals surface area contributed by atoms with E-state index in [1.54, 1.807) is 24.3 Å². The van der Waals surface area contributed by atoms with Gasteiger partial charge in [0.15, 0.2) is 23.0 Å². The van der Waals surface area contributed by atoms with E-state index in [1.807, 2.05) is 0 Å². The first kappa shape index (κ1) is 17.5. The Balaban J connectivity index is 2.04. The predicted molar refractivity (Wildman–Crippen MR) is 93.3 cm³/mol. The van der Waals surface area contributed by atoms with Crippen LogP contribution in [0.5, 0.6) is 28.7 Å². The van der Waals surface area contributed by atoms with Crippen LogP contribution in [0, 0.1) is 0 Å². The molecule has 2 aromatic carbocycles. The molecule has 3 rings (SSSR count). The summed E-state index contributed by atoms with van der Waals surface area (Å²) in [7, 11) is 5.90. The highest BCUT2D eigenvalue weighted by Crippen LogP contribution is 2.42. The van der Waals surface area contributed by atoms with Gasteiger partial charge in [0.05, 0.1) is 39.7 Å². The average Bonchev–Trinajstić information content (AvgIpc) is 3.13. The van der Waals surface area contributed by atoms with Crippen molar-refractivity contribution in [3.8, 4) is 28.7 Å². The largest absolute Gasteiger partial charge is 0.493 e. The highest BCUT2D eigenvalue weighted by Gasteiger charge is 2.22. The summed E-state index contributed by atoms with van der Waals surface area (Å²) in [5.41, 5.74) is 1.43. The number of hydrogen-bond donors (Lipinski definition) is 1. The van der Waals surface area contributed by atoms with E-state index >= 15 is 0 Å². The molecular weight excluding hydrogens is 342 g/mol. The zero-order chi connectivity index (χ0) is 18.7. The maximum atomic E-state index is 12.1. The minimum Gasteiger partial charge on any atom is -0.493 e. The molecule has 1 aliphatic heterocycles. The van der Waals surface area contributed by atoms with Crippen LogP contribution in [0.25, 0.3) is 0 Å². The van der Waals surface area contributed by atoms with Gasteiger partial charge in [-0.05, 0) is 0 Å². The van der Waals surface area contributed by atoms with Crippen molar-refractivity contribution in [1.82, 2.24) is 0 Å². The lowest BCUT2D eigenvalue weighted by molar-refractivity contribution is 0.0601. The number of benzene rings is 2. The van der Waals surface area contributed by atoms with Gasteiger partial charge in [0.1, 0.15) is 0 Å². The number of hydrogen-bond acceptors (Lipinski definition) is 8. The van der Waals surface area contributed by atoms with Crippen molar-refractivity contribution in [3.05, 3.63) is 29.8 Å².